The lowest BCUT2D eigenvalue weighted by Crippen LogP contribution is -2.29. The first kappa shape index (κ1) is 17.0. The molecule has 1 amide bonds. The number of carbonyl (C=O) groups is 2. The van der Waals surface area contributed by atoms with Crippen molar-refractivity contribution in [2.75, 3.05) is 5.32 Å². The molecule has 1 saturated carbocycles. The fourth-order valence-corrected chi connectivity index (χ4v) is 3.65. The van der Waals surface area contributed by atoms with E-state index in [4.69, 9.17) is 4.74 Å². The minimum absolute atomic E-state index is 0.0950. The number of anilines is 1. The van der Waals surface area contributed by atoms with Crippen molar-refractivity contribution in [2.45, 2.75) is 31.8 Å². The molecular weight excluding hydrogens is 340 g/mol. The number of rotatable bonds is 5. The van der Waals surface area contributed by atoms with Gasteiger partial charge in [0.05, 0.1) is 5.69 Å². The second kappa shape index (κ2) is 7.85. The molecule has 2 aromatic heterocycles. The van der Waals surface area contributed by atoms with E-state index in [2.05, 4.69) is 21.4 Å². The zero-order chi connectivity index (χ0) is 17.6. The monoisotopic (exact) mass is 356 g/mol. The minimum Gasteiger partial charge on any atom is -0.465 e. The summed E-state index contributed by atoms with van der Waals surface area (Å²) < 4.78 is 4.95. The smallest absolute Gasteiger partial charge is 0.293 e. The van der Waals surface area contributed by atoms with Crippen molar-refractivity contribution in [3.63, 3.8) is 0 Å². The van der Waals surface area contributed by atoms with Crippen LogP contribution >= 0.6 is 11.3 Å². The summed E-state index contributed by atoms with van der Waals surface area (Å²) in [4.78, 5) is 31.8. The molecule has 0 spiro atoms. The quantitative estimate of drug-likeness (QED) is 0.826. The van der Waals surface area contributed by atoms with Crippen molar-refractivity contribution < 1.29 is 14.3 Å². The highest BCUT2D eigenvalue weighted by atomic mass is 32.1. The topological polar surface area (TPSA) is 105 Å². The van der Waals surface area contributed by atoms with Crippen molar-refractivity contribution in [3.8, 4) is 17.5 Å². The van der Waals surface area contributed by atoms with Crippen LogP contribution in [0.3, 0.4) is 0 Å². The number of carbonyl (C=O) groups excluding carboxylic acids is 2. The van der Waals surface area contributed by atoms with Crippen LogP contribution in [-0.2, 0) is 14.3 Å². The number of amides is 1. The van der Waals surface area contributed by atoms with Gasteiger partial charge in [0, 0.05) is 12.1 Å². The molecule has 0 bridgehead atoms. The Morgan fingerprint density at radius 2 is 2.16 bits per heavy atom. The van der Waals surface area contributed by atoms with E-state index < -0.39 is 0 Å². The second-order valence-electron chi connectivity index (χ2n) is 5.72. The first-order valence-corrected chi connectivity index (χ1v) is 8.75. The molecule has 0 atom stereocenters. The molecule has 25 heavy (non-hydrogen) atoms. The van der Waals surface area contributed by atoms with Crippen LogP contribution in [0.5, 0.6) is 0 Å². The number of hydrogen-bond acceptors (Lipinski definition) is 7. The first-order valence-electron chi connectivity index (χ1n) is 7.93. The first-order chi connectivity index (χ1) is 12.2. The third-order valence-electron chi connectivity index (χ3n) is 4.16. The lowest BCUT2D eigenvalue weighted by molar-refractivity contribution is -0.135. The SMILES string of the molecule is N#Cc1sc(NC(=O)C2CCC(OC=O)CC2)nc1-c1ccccn1. The normalized spacial score (nSPS) is 19.6. The Bertz CT molecular complexity index is 792. The van der Waals surface area contributed by atoms with Gasteiger partial charge < -0.3 is 10.1 Å². The number of nitriles is 1. The van der Waals surface area contributed by atoms with Gasteiger partial charge in [-0.25, -0.2) is 4.98 Å². The van der Waals surface area contributed by atoms with Crippen molar-refractivity contribution in [2.24, 2.45) is 5.92 Å². The lowest BCUT2D eigenvalue weighted by Gasteiger charge is -2.26. The van der Waals surface area contributed by atoms with Crippen LogP contribution in [0.4, 0.5) is 5.13 Å². The van der Waals surface area contributed by atoms with E-state index in [0.29, 0.717) is 53.6 Å². The van der Waals surface area contributed by atoms with E-state index in [0.717, 1.165) is 11.3 Å². The zero-order valence-corrected chi connectivity index (χ0v) is 14.2. The van der Waals surface area contributed by atoms with Gasteiger partial charge in [0.25, 0.3) is 6.47 Å². The molecule has 1 N–H and O–H groups in total. The third kappa shape index (κ3) is 4.00. The van der Waals surface area contributed by atoms with E-state index in [1.54, 1.807) is 18.3 Å². The van der Waals surface area contributed by atoms with Gasteiger partial charge in [-0.3, -0.25) is 14.6 Å². The molecule has 1 fully saturated rings. The number of pyridine rings is 1. The van der Waals surface area contributed by atoms with Gasteiger partial charge in [0.15, 0.2) is 5.13 Å². The maximum absolute atomic E-state index is 12.4. The zero-order valence-electron chi connectivity index (χ0n) is 13.3. The minimum atomic E-state index is -0.140. The molecule has 0 aromatic carbocycles. The van der Waals surface area contributed by atoms with Gasteiger partial charge in [-0.1, -0.05) is 17.4 Å². The Labute approximate surface area is 148 Å². The average Bonchev–Trinajstić information content (AvgIpc) is 3.06. The average molecular weight is 356 g/mol. The van der Waals surface area contributed by atoms with Crippen LogP contribution in [0.1, 0.15) is 30.6 Å². The highest BCUT2D eigenvalue weighted by molar-refractivity contribution is 7.16. The molecular formula is C17H16N4O3S. The predicted octanol–water partition coefficient (Wildman–Crippen LogP) is 2.75. The van der Waals surface area contributed by atoms with Crippen molar-refractivity contribution in [3.05, 3.63) is 29.3 Å². The summed E-state index contributed by atoms with van der Waals surface area (Å²) in [7, 11) is 0. The van der Waals surface area contributed by atoms with Gasteiger partial charge in [0.2, 0.25) is 5.91 Å². The van der Waals surface area contributed by atoms with Crippen LogP contribution < -0.4 is 5.32 Å². The van der Waals surface area contributed by atoms with Gasteiger partial charge in [-0.05, 0) is 37.8 Å². The fraction of sp³-hybridized carbons (Fsp3) is 0.353. The molecule has 8 heteroatoms. The molecule has 7 nitrogen and oxygen atoms in total. The molecule has 1 aliphatic carbocycles. The lowest BCUT2D eigenvalue weighted by atomic mass is 9.87. The molecule has 1 aliphatic rings. The van der Waals surface area contributed by atoms with Crippen LogP contribution in [0.15, 0.2) is 24.4 Å². The van der Waals surface area contributed by atoms with Crippen molar-refractivity contribution in [1.82, 2.24) is 9.97 Å². The summed E-state index contributed by atoms with van der Waals surface area (Å²) in [6.45, 7) is 0.462. The number of nitrogens with one attached hydrogen (secondary N) is 1. The fourth-order valence-electron chi connectivity index (χ4n) is 2.87. The summed E-state index contributed by atoms with van der Waals surface area (Å²) in [6, 6.07) is 7.48. The number of thiazole rings is 1. The molecule has 2 heterocycles. The second-order valence-corrected chi connectivity index (χ2v) is 6.72. The van der Waals surface area contributed by atoms with Gasteiger partial charge in [0.1, 0.15) is 22.7 Å². The maximum Gasteiger partial charge on any atom is 0.293 e. The highest BCUT2D eigenvalue weighted by Crippen LogP contribution is 2.31. The molecule has 0 radical (unpaired) electrons. The van der Waals surface area contributed by atoms with Crippen molar-refractivity contribution >= 4 is 28.8 Å². The Morgan fingerprint density at radius 1 is 1.36 bits per heavy atom. The van der Waals surface area contributed by atoms with Gasteiger partial charge >= 0.3 is 0 Å². The summed E-state index contributed by atoms with van der Waals surface area (Å²) in [5.74, 6) is -0.255. The van der Waals surface area contributed by atoms with Crippen LogP contribution in [0.2, 0.25) is 0 Å². The van der Waals surface area contributed by atoms with E-state index in [9.17, 15) is 14.9 Å². The van der Waals surface area contributed by atoms with E-state index in [-0.39, 0.29) is 17.9 Å². The maximum atomic E-state index is 12.4. The summed E-state index contributed by atoms with van der Waals surface area (Å²) in [5, 5.41) is 12.5. The Morgan fingerprint density at radius 3 is 2.80 bits per heavy atom. The number of hydrogen-bond donors (Lipinski definition) is 1. The summed E-state index contributed by atoms with van der Waals surface area (Å²) in [5.41, 5.74) is 1.08. The summed E-state index contributed by atoms with van der Waals surface area (Å²) >= 11 is 1.14. The molecule has 0 saturated heterocycles. The number of nitrogens with zero attached hydrogens (tertiary/aromatic N) is 3. The highest BCUT2D eigenvalue weighted by Gasteiger charge is 2.28. The Kier molecular flexibility index (Phi) is 5.36. The van der Waals surface area contributed by atoms with Crippen molar-refractivity contribution in [1.29, 1.82) is 5.26 Å². The van der Waals surface area contributed by atoms with Gasteiger partial charge in [-0.15, -0.1) is 0 Å². The van der Waals surface area contributed by atoms with E-state index >= 15 is 0 Å². The van der Waals surface area contributed by atoms with E-state index in [1.165, 1.54) is 0 Å². The largest absolute Gasteiger partial charge is 0.465 e. The third-order valence-corrected chi connectivity index (χ3v) is 5.03. The molecule has 3 rings (SSSR count). The number of ether oxygens (including phenoxy) is 1. The van der Waals surface area contributed by atoms with Crippen LogP contribution in [0.25, 0.3) is 11.4 Å². The van der Waals surface area contributed by atoms with E-state index in [1.807, 2.05) is 6.07 Å². The van der Waals surface area contributed by atoms with Crippen LogP contribution in [-0.4, -0.2) is 28.5 Å². The molecule has 2 aromatic rings. The van der Waals surface area contributed by atoms with Crippen LogP contribution in [0, 0.1) is 17.2 Å². The standard InChI is InChI=1S/C17H16N4O3S/c18-9-14-15(13-3-1-2-8-19-13)20-17(25-14)21-16(23)11-4-6-12(7-5-11)24-10-22/h1-3,8,10-12H,4-7H2,(H,20,21,23). The predicted molar refractivity (Wildman–Crippen MR) is 91.6 cm³/mol. The van der Waals surface area contributed by atoms with Gasteiger partial charge in [-0.2, -0.15) is 5.26 Å². The summed E-state index contributed by atoms with van der Waals surface area (Å²) in [6.07, 6.45) is 4.21. The molecule has 0 unspecified atom stereocenters. The Hall–Kier alpha value is -2.79. The molecule has 0 aliphatic heterocycles. The number of aromatic nitrogens is 2. The molecule has 128 valence electrons. The Balaban J connectivity index is 1.67.